The number of carbonyl (C=O) groups excluding carboxylic acids is 3. The molecule has 0 N–H and O–H groups in total. The lowest BCUT2D eigenvalue weighted by Gasteiger charge is -2.18. The van der Waals surface area contributed by atoms with Crippen LogP contribution in [0.2, 0.25) is 0 Å². The highest BCUT2D eigenvalue weighted by Crippen LogP contribution is 2.13. The van der Waals surface area contributed by atoms with E-state index in [1.807, 2.05) is 0 Å². The summed E-state index contributed by atoms with van der Waals surface area (Å²) in [6.07, 6.45) is 78.7. The Balaban J connectivity index is 4.56. The van der Waals surface area contributed by atoms with Gasteiger partial charge >= 0.3 is 17.9 Å². The van der Waals surface area contributed by atoms with Gasteiger partial charge in [-0.3, -0.25) is 14.4 Å². The molecule has 0 saturated heterocycles. The molecular weight excluding hydrogens is 853 g/mol. The Labute approximate surface area is 424 Å². The van der Waals surface area contributed by atoms with Crippen LogP contribution in [-0.2, 0) is 28.6 Å². The fraction of sp³-hybridized carbons (Fsp3) is 0.603. The van der Waals surface area contributed by atoms with Crippen molar-refractivity contribution in [3.63, 3.8) is 0 Å². The average Bonchev–Trinajstić information content (AvgIpc) is 3.35. The summed E-state index contributed by atoms with van der Waals surface area (Å²) in [7, 11) is 0. The van der Waals surface area contributed by atoms with Crippen LogP contribution in [0.25, 0.3) is 0 Å². The van der Waals surface area contributed by atoms with E-state index in [-0.39, 0.29) is 37.5 Å². The molecule has 0 saturated carbocycles. The van der Waals surface area contributed by atoms with E-state index in [9.17, 15) is 14.4 Å². The molecule has 0 rings (SSSR count). The van der Waals surface area contributed by atoms with Gasteiger partial charge in [-0.1, -0.05) is 225 Å². The molecule has 0 fully saturated rings. The first kappa shape index (κ1) is 64.5. The Bertz CT molecular complexity index is 1510. The Kier molecular flexibility index (Phi) is 52.5. The summed E-state index contributed by atoms with van der Waals surface area (Å²) >= 11 is 0. The van der Waals surface area contributed by atoms with E-state index in [4.69, 9.17) is 14.2 Å². The highest BCUT2D eigenvalue weighted by molar-refractivity contribution is 5.71. The summed E-state index contributed by atoms with van der Waals surface area (Å²) in [4.78, 5) is 38.1. The molecule has 6 nitrogen and oxygen atoms in total. The summed E-state index contributed by atoms with van der Waals surface area (Å²) in [5.41, 5.74) is 0. The lowest BCUT2D eigenvalue weighted by atomic mass is 10.1. The van der Waals surface area contributed by atoms with Crippen molar-refractivity contribution in [3.8, 4) is 0 Å². The van der Waals surface area contributed by atoms with Crippen LogP contribution in [0.1, 0.15) is 226 Å². The van der Waals surface area contributed by atoms with Gasteiger partial charge < -0.3 is 14.2 Å². The summed E-state index contributed by atoms with van der Waals surface area (Å²) in [6.45, 7) is 6.29. The second-order valence-electron chi connectivity index (χ2n) is 17.8. The van der Waals surface area contributed by atoms with Crippen molar-refractivity contribution in [2.45, 2.75) is 232 Å². The molecule has 0 radical (unpaired) electrons. The molecule has 1 atom stereocenters. The van der Waals surface area contributed by atoms with Crippen molar-refractivity contribution in [1.29, 1.82) is 0 Å². The van der Waals surface area contributed by atoms with Crippen LogP contribution in [0, 0.1) is 0 Å². The molecule has 0 aliphatic carbocycles. The van der Waals surface area contributed by atoms with Gasteiger partial charge in [0, 0.05) is 19.3 Å². The molecular formula is C63H100O6. The number of carbonyl (C=O) groups is 3. The SMILES string of the molecule is CC\C=C/C=C\C=C/CCCCCCCCCC(=O)OCC(COC(=O)CCCCC/C=C\C/C=C\C/C=C\C/C=C\C/C=C\CC)OC(=O)CCC/C=C\C/C=C\C/C=C\CCCCCCCC. The minimum Gasteiger partial charge on any atom is -0.462 e. The van der Waals surface area contributed by atoms with E-state index < -0.39 is 6.10 Å². The minimum atomic E-state index is -0.829. The first-order valence-electron chi connectivity index (χ1n) is 27.7. The topological polar surface area (TPSA) is 78.9 Å². The van der Waals surface area contributed by atoms with Gasteiger partial charge in [0.25, 0.3) is 0 Å². The predicted molar refractivity (Wildman–Crippen MR) is 297 cm³/mol. The molecule has 69 heavy (non-hydrogen) atoms. The van der Waals surface area contributed by atoms with E-state index >= 15 is 0 Å². The van der Waals surface area contributed by atoms with E-state index in [1.54, 1.807) is 0 Å². The van der Waals surface area contributed by atoms with Crippen LogP contribution in [0.15, 0.2) is 134 Å². The quantitative estimate of drug-likeness (QED) is 0.0199. The van der Waals surface area contributed by atoms with Crippen molar-refractivity contribution in [1.82, 2.24) is 0 Å². The van der Waals surface area contributed by atoms with Crippen LogP contribution in [0.3, 0.4) is 0 Å². The number of ether oxygens (including phenoxy) is 3. The first-order chi connectivity index (χ1) is 34.0. The molecule has 388 valence electrons. The average molecular weight is 953 g/mol. The van der Waals surface area contributed by atoms with E-state index in [0.717, 1.165) is 116 Å². The third-order valence-electron chi connectivity index (χ3n) is 11.2. The Morgan fingerprint density at radius 3 is 1.10 bits per heavy atom. The number of hydrogen-bond acceptors (Lipinski definition) is 6. The third kappa shape index (κ3) is 54.4. The zero-order valence-electron chi connectivity index (χ0n) is 44.3. The zero-order valence-corrected chi connectivity index (χ0v) is 44.3. The Hall–Kier alpha value is -4.45. The number of allylic oxidation sites excluding steroid dienone is 22. The number of unbranched alkanes of at least 4 members (excludes halogenated alkanes) is 17. The lowest BCUT2D eigenvalue weighted by molar-refractivity contribution is -0.167. The smallest absolute Gasteiger partial charge is 0.306 e. The Morgan fingerprint density at radius 2 is 0.652 bits per heavy atom. The highest BCUT2D eigenvalue weighted by Gasteiger charge is 2.19. The summed E-state index contributed by atoms with van der Waals surface area (Å²) in [5.74, 6) is -1.02. The van der Waals surface area contributed by atoms with Crippen LogP contribution in [0.4, 0.5) is 0 Å². The maximum atomic E-state index is 12.8. The fourth-order valence-corrected chi connectivity index (χ4v) is 7.07. The van der Waals surface area contributed by atoms with Gasteiger partial charge in [-0.25, -0.2) is 0 Å². The fourth-order valence-electron chi connectivity index (χ4n) is 7.07. The van der Waals surface area contributed by atoms with Crippen molar-refractivity contribution in [3.05, 3.63) is 134 Å². The summed E-state index contributed by atoms with van der Waals surface area (Å²) in [6, 6.07) is 0. The third-order valence-corrected chi connectivity index (χ3v) is 11.2. The van der Waals surface area contributed by atoms with Crippen molar-refractivity contribution < 1.29 is 28.6 Å². The molecule has 0 spiro atoms. The van der Waals surface area contributed by atoms with Crippen LogP contribution >= 0.6 is 0 Å². The molecule has 1 unspecified atom stereocenters. The van der Waals surface area contributed by atoms with Gasteiger partial charge in [0.2, 0.25) is 0 Å². The summed E-state index contributed by atoms with van der Waals surface area (Å²) < 4.78 is 16.8. The first-order valence-corrected chi connectivity index (χ1v) is 27.7. The van der Waals surface area contributed by atoms with Gasteiger partial charge in [0.15, 0.2) is 6.10 Å². The zero-order chi connectivity index (χ0) is 50.0. The Morgan fingerprint density at radius 1 is 0.319 bits per heavy atom. The molecule has 0 aliphatic heterocycles. The van der Waals surface area contributed by atoms with Gasteiger partial charge in [-0.15, -0.1) is 0 Å². The number of rotatable bonds is 48. The van der Waals surface area contributed by atoms with Crippen LogP contribution in [-0.4, -0.2) is 37.2 Å². The van der Waals surface area contributed by atoms with Crippen molar-refractivity contribution in [2.75, 3.05) is 13.2 Å². The molecule has 0 amide bonds. The van der Waals surface area contributed by atoms with E-state index in [0.29, 0.717) is 19.3 Å². The molecule has 6 heteroatoms. The van der Waals surface area contributed by atoms with Gasteiger partial charge in [0.1, 0.15) is 13.2 Å². The van der Waals surface area contributed by atoms with E-state index in [1.165, 1.54) is 64.2 Å². The van der Waals surface area contributed by atoms with E-state index in [2.05, 4.69) is 154 Å². The molecule has 0 aromatic carbocycles. The molecule has 0 aromatic rings. The largest absolute Gasteiger partial charge is 0.462 e. The maximum Gasteiger partial charge on any atom is 0.306 e. The molecule has 0 bridgehead atoms. The van der Waals surface area contributed by atoms with Crippen LogP contribution in [0.5, 0.6) is 0 Å². The monoisotopic (exact) mass is 953 g/mol. The molecule has 0 aliphatic rings. The number of hydrogen-bond donors (Lipinski definition) is 0. The second kappa shape index (κ2) is 56.1. The van der Waals surface area contributed by atoms with Gasteiger partial charge in [0.05, 0.1) is 0 Å². The van der Waals surface area contributed by atoms with Gasteiger partial charge in [-0.2, -0.15) is 0 Å². The molecule has 0 aromatic heterocycles. The van der Waals surface area contributed by atoms with Crippen LogP contribution < -0.4 is 0 Å². The predicted octanol–water partition coefficient (Wildman–Crippen LogP) is 18.6. The lowest BCUT2D eigenvalue weighted by Crippen LogP contribution is -2.30. The normalized spacial score (nSPS) is 13.1. The van der Waals surface area contributed by atoms with Crippen molar-refractivity contribution >= 4 is 17.9 Å². The maximum absolute atomic E-state index is 12.8. The standard InChI is InChI=1S/C63H100O6/c1-4-7-10-13-16-19-22-25-28-30-31-33-35-38-41-44-47-50-53-56-62(65)68-59-60(58-67-61(64)55-52-49-46-43-40-37-34-27-24-21-18-15-12-9-6-3)69-63(66)57-54-51-48-45-42-39-36-32-29-26-23-20-17-14-11-8-5-2/h7,9-10,12,15-16,18-19,21,24-26,28-29,31,33,36,38-39,41,45,48,60H,4-6,8,11,13-14,17,20,22-23,27,30,32,34-35,37,40,42-44,46-47,49-59H2,1-3H3/b10-7-,12-9-,18-15-,19-16-,24-21-,28-25-,29-26-,33-31-,39-36-,41-38-,48-45-. The summed E-state index contributed by atoms with van der Waals surface area (Å²) in [5, 5.41) is 0. The van der Waals surface area contributed by atoms with Crippen molar-refractivity contribution in [2.24, 2.45) is 0 Å². The molecule has 0 heterocycles. The number of esters is 3. The van der Waals surface area contributed by atoms with Gasteiger partial charge in [-0.05, 0) is 116 Å². The minimum absolute atomic E-state index is 0.120. The second-order valence-corrected chi connectivity index (χ2v) is 17.8. The highest BCUT2D eigenvalue weighted by atomic mass is 16.6.